The summed E-state index contributed by atoms with van der Waals surface area (Å²) in [5.74, 6) is -0.233. The van der Waals surface area contributed by atoms with Gasteiger partial charge in [0.1, 0.15) is 17.6 Å². The smallest absolute Gasteiger partial charge is 0.297 e. The number of furan rings is 1. The monoisotopic (exact) mass is 473 g/mol. The van der Waals surface area contributed by atoms with Crippen LogP contribution < -0.4 is 10.9 Å². The number of anilines is 1. The molecule has 0 spiro atoms. The van der Waals surface area contributed by atoms with E-state index in [9.17, 15) is 14.4 Å². The Labute approximate surface area is 201 Å². The first-order valence-corrected chi connectivity index (χ1v) is 11.6. The summed E-state index contributed by atoms with van der Waals surface area (Å²) < 4.78 is 6.98. The molecule has 0 bridgehead atoms. The maximum absolute atomic E-state index is 12.9. The van der Waals surface area contributed by atoms with Crippen LogP contribution in [0.4, 0.5) is 5.69 Å². The minimum absolute atomic E-state index is 0.0704. The van der Waals surface area contributed by atoms with Crippen molar-refractivity contribution in [2.75, 3.05) is 38.0 Å². The lowest BCUT2D eigenvalue weighted by molar-refractivity contribution is -0.133. The molecule has 0 aliphatic carbocycles. The highest BCUT2D eigenvalue weighted by molar-refractivity contribution is 6.01. The minimum Gasteiger partial charge on any atom is -0.448 e. The number of fused-ring (bicyclic) bond motifs is 3. The second kappa shape index (κ2) is 9.34. The van der Waals surface area contributed by atoms with Crippen molar-refractivity contribution in [1.29, 1.82) is 0 Å². The number of piperazine rings is 1. The molecule has 180 valence electrons. The van der Waals surface area contributed by atoms with Crippen LogP contribution in [0.15, 0.2) is 58.0 Å². The molecular weight excluding hydrogens is 446 g/mol. The van der Waals surface area contributed by atoms with Crippen molar-refractivity contribution >= 4 is 39.6 Å². The molecule has 0 atom stereocenters. The third kappa shape index (κ3) is 4.54. The Hall–Kier alpha value is -3.98. The van der Waals surface area contributed by atoms with E-state index in [0.29, 0.717) is 37.3 Å². The van der Waals surface area contributed by atoms with Crippen LogP contribution in [0.2, 0.25) is 0 Å². The molecule has 1 saturated heterocycles. The number of hydrogen-bond acceptors (Lipinski definition) is 6. The fourth-order valence-electron chi connectivity index (χ4n) is 4.52. The number of rotatable bonds is 5. The lowest BCUT2D eigenvalue weighted by Crippen LogP contribution is -2.51. The van der Waals surface area contributed by atoms with Crippen LogP contribution in [0.5, 0.6) is 0 Å². The number of amides is 2. The second-order valence-corrected chi connectivity index (χ2v) is 8.93. The van der Waals surface area contributed by atoms with Crippen molar-refractivity contribution in [2.24, 2.45) is 0 Å². The minimum atomic E-state index is -0.374. The Bertz CT molecular complexity index is 1460. The molecule has 2 aromatic heterocycles. The molecule has 0 radical (unpaired) electrons. The zero-order valence-corrected chi connectivity index (χ0v) is 19.8. The molecule has 5 rings (SSSR count). The largest absolute Gasteiger partial charge is 0.448 e. The van der Waals surface area contributed by atoms with Crippen LogP contribution >= 0.6 is 0 Å². The van der Waals surface area contributed by atoms with Gasteiger partial charge in [-0.25, -0.2) is 4.98 Å². The number of aryl methyl sites for hydroxylation is 2. The summed E-state index contributed by atoms with van der Waals surface area (Å²) in [7, 11) is 0. The number of para-hydroxylation sites is 2. The Morgan fingerprint density at radius 2 is 1.69 bits per heavy atom. The van der Waals surface area contributed by atoms with Crippen molar-refractivity contribution in [3.05, 3.63) is 70.3 Å². The van der Waals surface area contributed by atoms with E-state index in [2.05, 4.69) is 10.3 Å². The predicted molar refractivity (Wildman–Crippen MR) is 133 cm³/mol. The van der Waals surface area contributed by atoms with Gasteiger partial charge >= 0.3 is 0 Å². The highest BCUT2D eigenvalue weighted by atomic mass is 16.3. The molecular formula is C26H27N5O4. The summed E-state index contributed by atoms with van der Waals surface area (Å²) in [5, 5.41) is 3.78. The Morgan fingerprint density at radius 1 is 0.971 bits per heavy atom. The molecule has 0 unspecified atom stereocenters. The number of carbonyl (C=O) groups is 2. The molecule has 1 aliphatic heterocycles. The fraction of sp³-hybridized carbons (Fsp3) is 0.308. The van der Waals surface area contributed by atoms with Crippen molar-refractivity contribution in [1.82, 2.24) is 19.4 Å². The van der Waals surface area contributed by atoms with E-state index in [1.807, 2.05) is 55.1 Å². The van der Waals surface area contributed by atoms with E-state index in [0.717, 1.165) is 22.2 Å². The third-order valence-corrected chi connectivity index (χ3v) is 6.49. The summed E-state index contributed by atoms with van der Waals surface area (Å²) in [6, 6.07) is 13.2. The van der Waals surface area contributed by atoms with Gasteiger partial charge in [-0.3, -0.25) is 23.9 Å². The number of nitrogens with zero attached hydrogens (tertiary/aromatic N) is 4. The van der Waals surface area contributed by atoms with E-state index in [1.54, 1.807) is 11.0 Å². The zero-order chi connectivity index (χ0) is 24.5. The molecule has 35 heavy (non-hydrogen) atoms. The molecule has 9 heteroatoms. The molecule has 0 saturated carbocycles. The predicted octanol–water partition coefficient (Wildman–Crippen LogP) is 2.54. The summed E-state index contributed by atoms with van der Waals surface area (Å²) >= 11 is 0. The number of carbonyl (C=O) groups excluding carboxylic acids is 2. The van der Waals surface area contributed by atoms with E-state index in [-0.39, 0.29) is 36.0 Å². The lowest BCUT2D eigenvalue weighted by atomic mass is 10.1. The first-order valence-electron chi connectivity index (χ1n) is 11.6. The van der Waals surface area contributed by atoms with Gasteiger partial charge in [0.25, 0.3) is 5.56 Å². The van der Waals surface area contributed by atoms with Gasteiger partial charge in [-0.2, -0.15) is 0 Å². The normalized spacial score (nSPS) is 14.5. The van der Waals surface area contributed by atoms with Crippen LogP contribution in [0, 0.1) is 13.8 Å². The molecule has 3 heterocycles. The molecule has 1 fully saturated rings. The van der Waals surface area contributed by atoms with Crippen LogP contribution in [0.3, 0.4) is 0 Å². The quantitative estimate of drug-likeness (QED) is 0.478. The van der Waals surface area contributed by atoms with E-state index in [4.69, 9.17) is 4.42 Å². The summed E-state index contributed by atoms with van der Waals surface area (Å²) in [5.41, 5.74) is 3.78. The van der Waals surface area contributed by atoms with Gasteiger partial charge < -0.3 is 14.6 Å². The summed E-state index contributed by atoms with van der Waals surface area (Å²) in [6.45, 7) is 6.26. The van der Waals surface area contributed by atoms with Gasteiger partial charge in [-0.15, -0.1) is 0 Å². The van der Waals surface area contributed by atoms with Gasteiger partial charge in [0.2, 0.25) is 17.4 Å². The standard InChI is InChI=1S/C26H27N5O4/c1-17-6-5-7-18(2)23(17)28-21(32)14-29-10-12-30(13-11-29)22(33)15-31-16-27-24-19-8-3-4-9-20(19)35-25(24)26(31)34/h3-9,16H,10-15H2,1-2H3,(H,28,32). The maximum atomic E-state index is 12.9. The van der Waals surface area contributed by atoms with Gasteiger partial charge in [0.05, 0.1) is 12.9 Å². The highest BCUT2D eigenvalue weighted by Gasteiger charge is 2.24. The Balaban J connectivity index is 1.18. The number of benzene rings is 2. The first-order chi connectivity index (χ1) is 16.9. The third-order valence-electron chi connectivity index (χ3n) is 6.49. The van der Waals surface area contributed by atoms with E-state index >= 15 is 0 Å². The average molecular weight is 474 g/mol. The molecule has 2 aromatic carbocycles. The second-order valence-electron chi connectivity index (χ2n) is 8.93. The van der Waals surface area contributed by atoms with Gasteiger partial charge in [-0.05, 0) is 37.1 Å². The van der Waals surface area contributed by atoms with Crippen molar-refractivity contribution < 1.29 is 14.0 Å². The van der Waals surface area contributed by atoms with Crippen LogP contribution in [0.25, 0.3) is 22.1 Å². The average Bonchev–Trinajstić information content (AvgIpc) is 3.23. The molecule has 9 nitrogen and oxygen atoms in total. The maximum Gasteiger partial charge on any atom is 0.297 e. The molecule has 4 aromatic rings. The highest BCUT2D eigenvalue weighted by Crippen LogP contribution is 2.24. The Morgan fingerprint density at radius 3 is 2.43 bits per heavy atom. The zero-order valence-electron chi connectivity index (χ0n) is 19.8. The van der Waals surface area contributed by atoms with Crippen LogP contribution in [0.1, 0.15) is 11.1 Å². The number of hydrogen-bond donors (Lipinski definition) is 1. The van der Waals surface area contributed by atoms with Crippen LogP contribution in [-0.4, -0.2) is 63.9 Å². The molecule has 2 amide bonds. The van der Waals surface area contributed by atoms with Crippen molar-refractivity contribution in [3.63, 3.8) is 0 Å². The van der Waals surface area contributed by atoms with E-state index in [1.165, 1.54) is 10.9 Å². The molecule has 1 N–H and O–H groups in total. The number of aromatic nitrogens is 2. The van der Waals surface area contributed by atoms with Gasteiger partial charge in [0, 0.05) is 37.3 Å². The first kappa shape index (κ1) is 22.8. The van der Waals surface area contributed by atoms with Crippen molar-refractivity contribution in [2.45, 2.75) is 20.4 Å². The topological polar surface area (TPSA) is 101 Å². The van der Waals surface area contributed by atoms with Crippen molar-refractivity contribution in [3.8, 4) is 0 Å². The SMILES string of the molecule is Cc1cccc(C)c1NC(=O)CN1CCN(C(=O)Cn2cnc3c(oc4ccccc43)c2=O)CC1. The summed E-state index contributed by atoms with van der Waals surface area (Å²) in [6.07, 6.45) is 1.40. The van der Waals surface area contributed by atoms with Gasteiger partial charge in [-0.1, -0.05) is 30.3 Å². The van der Waals surface area contributed by atoms with Crippen LogP contribution in [-0.2, 0) is 16.1 Å². The van der Waals surface area contributed by atoms with Gasteiger partial charge in [0.15, 0.2) is 0 Å². The fourth-order valence-corrected chi connectivity index (χ4v) is 4.52. The molecule has 1 aliphatic rings. The number of nitrogens with one attached hydrogen (secondary N) is 1. The summed E-state index contributed by atoms with van der Waals surface area (Å²) in [4.78, 5) is 46.5. The van der Waals surface area contributed by atoms with E-state index < -0.39 is 0 Å². The lowest BCUT2D eigenvalue weighted by Gasteiger charge is -2.34. The Kier molecular flexibility index (Phi) is 6.08.